The summed E-state index contributed by atoms with van der Waals surface area (Å²) in [6.45, 7) is 10.1. The maximum Gasteiger partial charge on any atom is 0.294 e. The van der Waals surface area contributed by atoms with Crippen LogP contribution in [0.25, 0.3) is 6.08 Å². The molecule has 2 aromatic carbocycles. The zero-order valence-corrected chi connectivity index (χ0v) is 22.4. The summed E-state index contributed by atoms with van der Waals surface area (Å²) in [7, 11) is 2.06. The summed E-state index contributed by atoms with van der Waals surface area (Å²) in [5.74, 6) is -0.590. The molecule has 2 heterocycles. The molecular weight excluding hydrogens is 482 g/mol. The molecule has 2 aromatic rings. The highest BCUT2D eigenvalue weighted by atomic mass is 35.5. The number of anilines is 2. The zero-order chi connectivity index (χ0) is 25.7. The Bertz CT molecular complexity index is 1270. The lowest BCUT2D eigenvalue weighted by molar-refractivity contribution is -0.127. The van der Waals surface area contributed by atoms with E-state index in [4.69, 9.17) is 11.6 Å². The number of aryl methyl sites for hydroxylation is 2. The fourth-order valence-corrected chi connectivity index (χ4v) is 5.82. The normalized spacial score (nSPS) is 20.4. The van der Waals surface area contributed by atoms with E-state index < -0.39 is 17.1 Å². The molecule has 1 fully saturated rings. The summed E-state index contributed by atoms with van der Waals surface area (Å²) in [6, 6.07) is 9.61. The smallest absolute Gasteiger partial charge is 0.294 e. The highest BCUT2D eigenvalue weighted by Crippen LogP contribution is 2.45. The highest BCUT2D eigenvalue weighted by Gasteiger charge is 2.37. The standard InChI is InChI=1S/C27H30ClN3O3S/c1-15-7-8-21(16(2)9-15)29-24(32)14-31-25(33)23(35-26(31)34)11-18-10-19-17(3)13-27(4,5)30(6)22(19)12-20(18)28/h7-12,17H,13-14H2,1-6H3,(H,29,32)/b23-11-/t17-/m1/s1. The van der Waals surface area contributed by atoms with Crippen molar-refractivity contribution in [2.24, 2.45) is 0 Å². The Hall–Kier alpha value is -2.77. The quantitative estimate of drug-likeness (QED) is 0.484. The van der Waals surface area contributed by atoms with Crippen LogP contribution >= 0.6 is 23.4 Å². The number of hydrogen-bond donors (Lipinski definition) is 1. The van der Waals surface area contributed by atoms with E-state index in [-0.39, 0.29) is 17.0 Å². The van der Waals surface area contributed by atoms with Crippen LogP contribution in [-0.4, -0.2) is 41.1 Å². The van der Waals surface area contributed by atoms with E-state index in [0.29, 0.717) is 22.2 Å². The van der Waals surface area contributed by atoms with Crippen molar-refractivity contribution in [3.05, 3.63) is 62.5 Å². The van der Waals surface area contributed by atoms with Crippen LogP contribution in [0.15, 0.2) is 35.2 Å². The van der Waals surface area contributed by atoms with E-state index in [2.05, 4.69) is 38.0 Å². The molecule has 184 valence electrons. The van der Waals surface area contributed by atoms with Gasteiger partial charge in [0, 0.05) is 29.0 Å². The van der Waals surface area contributed by atoms with Crippen LogP contribution in [0.3, 0.4) is 0 Å². The summed E-state index contributed by atoms with van der Waals surface area (Å²) >= 11 is 7.44. The molecule has 2 aliphatic heterocycles. The third kappa shape index (κ3) is 4.98. The minimum atomic E-state index is -0.490. The molecule has 1 N–H and O–H groups in total. The van der Waals surface area contributed by atoms with Gasteiger partial charge in [0.2, 0.25) is 5.91 Å². The molecule has 0 radical (unpaired) electrons. The van der Waals surface area contributed by atoms with E-state index >= 15 is 0 Å². The monoisotopic (exact) mass is 511 g/mol. The molecule has 4 rings (SSSR count). The Kier molecular flexibility index (Phi) is 6.77. The molecule has 0 unspecified atom stereocenters. The number of thioether (sulfide) groups is 1. The van der Waals surface area contributed by atoms with E-state index in [1.54, 1.807) is 6.08 Å². The van der Waals surface area contributed by atoms with Crippen LogP contribution in [0.4, 0.5) is 16.2 Å². The number of carbonyl (C=O) groups is 3. The van der Waals surface area contributed by atoms with Gasteiger partial charge in [0.15, 0.2) is 0 Å². The number of carbonyl (C=O) groups excluding carboxylic acids is 3. The molecule has 35 heavy (non-hydrogen) atoms. The van der Waals surface area contributed by atoms with Crippen molar-refractivity contribution in [3.8, 4) is 0 Å². The number of nitrogens with one attached hydrogen (secondary N) is 1. The number of rotatable bonds is 4. The van der Waals surface area contributed by atoms with Crippen molar-refractivity contribution in [3.63, 3.8) is 0 Å². The van der Waals surface area contributed by atoms with Gasteiger partial charge in [-0.2, -0.15) is 0 Å². The van der Waals surface area contributed by atoms with Crippen LogP contribution in [-0.2, 0) is 9.59 Å². The Morgan fingerprint density at radius 2 is 1.94 bits per heavy atom. The molecule has 1 saturated heterocycles. The third-order valence-electron chi connectivity index (χ3n) is 6.87. The molecule has 0 spiro atoms. The number of benzene rings is 2. The van der Waals surface area contributed by atoms with E-state index in [9.17, 15) is 14.4 Å². The van der Waals surface area contributed by atoms with Crippen LogP contribution in [0.2, 0.25) is 5.02 Å². The van der Waals surface area contributed by atoms with Crippen LogP contribution in [0.1, 0.15) is 55.4 Å². The van der Waals surface area contributed by atoms with Crippen LogP contribution < -0.4 is 10.2 Å². The summed E-state index contributed by atoms with van der Waals surface area (Å²) in [5, 5.41) is 2.83. The van der Waals surface area contributed by atoms with Gasteiger partial charge in [0.05, 0.1) is 4.91 Å². The number of nitrogens with zero attached hydrogens (tertiary/aromatic N) is 2. The molecule has 3 amide bonds. The highest BCUT2D eigenvalue weighted by molar-refractivity contribution is 8.18. The van der Waals surface area contributed by atoms with Gasteiger partial charge in [-0.1, -0.05) is 36.2 Å². The Balaban J connectivity index is 1.54. The van der Waals surface area contributed by atoms with Gasteiger partial charge in [-0.15, -0.1) is 0 Å². The van der Waals surface area contributed by atoms with Crippen molar-refractivity contribution in [1.82, 2.24) is 4.90 Å². The molecule has 8 heteroatoms. The predicted molar refractivity (Wildman–Crippen MR) is 144 cm³/mol. The first-order valence-electron chi connectivity index (χ1n) is 11.6. The fourth-order valence-electron chi connectivity index (χ4n) is 4.78. The summed E-state index contributed by atoms with van der Waals surface area (Å²) in [5.41, 5.74) is 5.60. The molecular formula is C27H30ClN3O3S. The predicted octanol–water partition coefficient (Wildman–Crippen LogP) is 6.35. The second-order valence-corrected chi connectivity index (χ2v) is 11.4. The lowest BCUT2D eigenvalue weighted by atomic mass is 9.80. The lowest BCUT2D eigenvalue weighted by Gasteiger charge is -2.45. The van der Waals surface area contributed by atoms with Gasteiger partial charge in [-0.05, 0) is 92.8 Å². The maximum atomic E-state index is 13.0. The number of fused-ring (bicyclic) bond motifs is 1. The largest absolute Gasteiger partial charge is 0.369 e. The SMILES string of the molecule is Cc1ccc(NC(=O)CN2C(=O)S/C(=C\c3cc4c(cc3Cl)N(C)C(C)(C)C[C@H]4C)C2=O)c(C)c1. The second-order valence-electron chi connectivity index (χ2n) is 10.0. The molecule has 6 nitrogen and oxygen atoms in total. The van der Waals surface area contributed by atoms with Crippen molar-refractivity contribution in [2.45, 2.75) is 52.5 Å². The molecule has 0 saturated carbocycles. The minimum absolute atomic E-state index is 0.0115. The zero-order valence-electron chi connectivity index (χ0n) is 20.9. The van der Waals surface area contributed by atoms with Crippen LogP contribution in [0, 0.1) is 13.8 Å². The first-order chi connectivity index (χ1) is 16.4. The van der Waals surface area contributed by atoms with E-state index in [1.165, 1.54) is 0 Å². The van der Waals surface area contributed by atoms with Crippen LogP contribution in [0.5, 0.6) is 0 Å². The number of imide groups is 1. The lowest BCUT2D eigenvalue weighted by Crippen LogP contribution is -2.45. The number of halogens is 1. The van der Waals surface area contributed by atoms with E-state index in [1.807, 2.05) is 44.2 Å². The summed E-state index contributed by atoms with van der Waals surface area (Å²) in [6.07, 6.45) is 2.64. The van der Waals surface area contributed by atoms with Crippen molar-refractivity contribution in [1.29, 1.82) is 0 Å². The Morgan fingerprint density at radius 3 is 2.63 bits per heavy atom. The Labute approximate surface area is 215 Å². The molecule has 1 atom stereocenters. The summed E-state index contributed by atoms with van der Waals surface area (Å²) < 4.78 is 0. The number of hydrogen-bond acceptors (Lipinski definition) is 5. The van der Waals surface area contributed by atoms with Gasteiger partial charge in [0.25, 0.3) is 11.1 Å². The fraction of sp³-hybridized carbons (Fsp3) is 0.370. The van der Waals surface area contributed by atoms with E-state index in [0.717, 1.165) is 45.5 Å². The molecule has 0 bridgehead atoms. The van der Waals surface area contributed by atoms with Gasteiger partial charge < -0.3 is 10.2 Å². The first-order valence-corrected chi connectivity index (χ1v) is 12.8. The van der Waals surface area contributed by atoms with Crippen molar-refractivity contribution in [2.75, 3.05) is 23.8 Å². The maximum absolute atomic E-state index is 13.0. The van der Waals surface area contributed by atoms with Gasteiger partial charge in [-0.25, -0.2) is 0 Å². The molecule has 0 aromatic heterocycles. The van der Waals surface area contributed by atoms with Gasteiger partial charge in [-0.3, -0.25) is 19.3 Å². The molecule has 2 aliphatic rings. The third-order valence-corrected chi connectivity index (χ3v) is 8.10. The average molecular weight is 512 g/mol. The Morgan fingerprint density at radius 1 is 1.23 bits per heavy atom. The minimum Gasteiger partial charge on any atom is -0.369 e. The van der Waals surface area contributed by atoms with Gasteiger partial charge in [0.1, 0.15) is 6.54 Å². The average Bonchev–Trinajstić information content (AvgIpc) is 3.02. The molecule has 0 aliphatic carbocycles. The second kappa shape index (κ2) is 9.36. The number of amides is 3. The van der Waals surface area contributed by atoms with Crippen molar-refractivity contribution < 1.29 is 14.4 Å². The first kappa shape index (κ1) is 25.3. The topological polar surface area (TPSA) is 69.7 Å². The summed E-state index contributed by atoms with van der Waals surface area (Å²) in [4.78, 5) is 41.6. The van der Waals surface area contributed by atoms with Gasteiger partial charge >= 0.3 is 0 Å². The van der Waals surface area contributed by atoms with Crippen molar-refractivity contribution >= 4 is 57.9 Å².